The zero-order valence-corrected chi connectivity index (χ0v) is 13.7. The van der Waals surface area contributed by atoms with Crippen LogP contribution in [-0.2, 0) is 11.2 Å². The summed E-state index contributed by atoms with van der Waals surface area (Å²) in [4.78, 5) is 24.0. The molecule has 0 fully saturated rings. The molecule has 1 aliphatic heterocycles. The molecule has 0 saturated carbocycles. The molecule has 2 heterocycles. The van der Waals surface area contributed by atoms with Gasteiger partial charge in [-0.15, -0.1) is 0 Å². The smallest absolute Gasteiger partial charge is 0.274 e. The Labute approximate surface area is 144 Å². The quantitative estimate of drug-likeness (QED) is 0.660. The molecule has 2 aromatic rings. The van der Waals surface area contributed by atoms with Gasteiger partial charge in [0.15, 0.2) is 5.69 Å². The summed E-state index contributed by atoms with van der Waals surface area (Å²) in [6.45, 7) is 0.797. The number of anilines is 1. The van der Waals surface area contributed by atoms with Crippen molar-refractivity contribution in [3.63, 3.8) is 0 Å². The van der Waals surface area contributed by atoms with Crippen molar-refractivity contribution in [1.29, 1.82) is 0 Å². The number of hydrogen-bond donors (Lipinski definition) is 4. The molecule has 0 aliphatic carbocycles. The van der Waals surface area contributed by atoms with Crippen LogP contribution in [0.5, 0.6) is 0 Å². The maximum Gasteiger partial charge on any atom is 0.274 e. The third kappa shape index (κ3) is 3.51. The molecule has 7 nitrogen and oxygen atoms in total. The summed E-state index contributed by atoms with van der Waals surface area (Å²) in [7, 11) is 0. The van der Waals surface area contributed by atoms with Crippen LogP contribution in [-0.4, -0.2) is 28.6 Å². The topological polar surface area (TPSA) is 113 Å². The number of benzene rings is 1. The molecule has 0 unspecified atom stereocenters. The summed E-state index contributed by atoms with van der Waals surface area (Å²) in [5.41, 5.74) is 7.97. The summed E-state index contributed by atoms with van der Waals surface area (Å²) >= 11 is 6.00. The average molecular weight is 348 g/mol. The number of amides is 2. The van der Waals surface area contributed by atoms with Gasteiger partial charge in [0.05, 0.1) is 23.8 Å². The molecule has 0 radical (unpaired) electrons. The summed E-state index contributed by atoms with van der Waals surface area (Å²) in [6.07, 6.45) is 1.82. The van der Waals surface area contributed by atoms with Crippen LogP contribution < -0.4 is 16.4 Å². The first-order valence-electron chi connectivity index (χ1n) is 7.70. The fourth-order valence-corrected chi connectivity index (χ4v) is 2.99. The number of primary amides is 1. The second kappa shape index (κ2) is 6.92. The second-order valence-electron chi connectivity index (χ2n) is 5.71. The van der Waals surface area contributed by atoms with Gasteiger partial charge in [-0.25, -0.2) is 0 Å². The maximum absolute atomic E-state index is 12.6. The number of carbonyl (C=O) groups excluding carboxylic acids is 2. The number of H-pyrrole nitrogens is 1. The summed E-state index contributed by atoms with van der Waals surface area (Å²) in [6, 6.07) is 6.41. The van der Waals surface area contributed by atoms with E-state index in [9.17, 15) is 9.59 Å². The molecule has 1 aliphatic rings. The molecule has 0 spiro atoms. The number of carbonyl (C=O) groups is 2. The van der Waals surface area contributed by atoms with Crippen molar-refractivity contribution in [2.24, 2.45) is 5.73 Å². The lowest BCUT2D eigenvalue weighted by Gasteiger charge is -2.19. The minimum Gasteiger partial charge on any atom is -0.382 e. The van der Waals surface area contributed by atoms with Crippen LogP contribution in [0.25, 0.3) is 0 Å². The Balaban J connectivity index is 1.83. The highest BCUT2D eigenvalue weighted by molar-refractivity contribution is 6.30. The van der Waals surface area contributed by atoms with Gasteiger partial charge >= 0.3 is 0 Å². The molecular weight excluding hydrogens is 330 g/mol. The van der Waals surface area contributed by atoms with E-state index in [0.717, 1.165) is 30.8 Å². The fourth-order valence-electron chi connectivity index (χ4n) is 2.80. The lowest BCUT2D eigenvalue weighted by Crippen LogP contribution is -2.32. The number of hydrogen-bond acceptors (Lipinski definition) is 4. The highest BCUT2D eigenvalue weighted by Gasteiger charge is 2.25. The Morgan fingerprint density at radius 3 is 3.00 bits per heavy atom. The standard InChI is InChI=1S/C16H18ClN5O2/c17-10-4-1-3-9(7-10)12(8-13(18)23)20-16(24)15-14-11(21-22-15)5-2-6-19-14/h1,3-4,7,12,19H,2,5-6,8H2,(H2,18,23)(H,20,24)(H,21,22)/t12-/m0/s1. The molecule has 24 heavy (non-hydrogen) atoms. The molecule has 1 atom stereocenters. The lowest BCUT2D eigenvalue weighted by molar-refractivity contribution is -0.118. The number of aromatic nitrogens is 2. The van der Waals surface area contributed by atoms with Gasteiger partial charge in [-0.3, -0.25) is 14.7 Å². The van der Waals surface area contributed by atoms with Gasteiger partial charge in [0.2, 0.25) is 5.91 Å². The number of aryl methyl sites for hydroxylation is 1. The molecule has 2 amide bonds. The number of nitrogens with one attached hydrogen (secondary N) is 3. The van der Waals surface area contributed by atoms with E-state index in [-0.39, 0.29) is 12.3 Å². The number of halogens is 1. The van der Waals surface area contributed by atoms with Crippen molar-refractivity contribution in [3.8, 4) is 0 Å². The molecule has 126 valence electrons. The van der Waals surface area contributed by atoms with Crippen molar-refractivity contribution in [2.45, 2.75) is 25.3 Å². The van der Waals surface area contributed by atoms with Crippen LogP contribution in [0.3, 0.4) is 0 Å². The third-order valence-corrected chi connectivity index (χ3v) is 4.16. The van der Waals surface area contributed by atoms with Crippen molar-refractivity contribution in [3.05, 3.63) is 46.2 Å². The van der Waals surface area contributed by atoms with E-state index in [1.165, 1.54) is 0 Å². The van der Waals surface area contributed by atoms with E-state index in [0.29, 0.717) is 16.3 Å². The van der Waals surface area contributed by atoms with Gasteiger partial charge in [-0.05, 0) is 30.5 Å². The van der Waals surface area contributed by atoms with Gasteiger partial charge < -0.3 is 16.4 Å². The van der Waals surface area contributed by atoms with Crippen molar-refractivity contribution < 1.29 is 9.59 Å². The van der Waals surface area contributed by atoms with E-state index in [1.807, 2.05) is 0 Å². The molecule has 0 bridgehead atoms. The normalized spacial score (nSPS) is 14.4. The second-order valence-corrected chi connectivity index (χ2v) is 6.14. The minimum atomic E-state index is -0.565. The number of nitrogens with zero attached hydrogens (tertiary/aromatic N) is 1. The van der Waals surface area contributed by atoms with Crippen LogP contribution in [0, 0.1) is 0 Å². The van der Waals surface area contributed by atoms with E-state index in [2.05, 4.69) is 20.8 Å². The van der Waals surface area contributed by atoms with E-state index in [4.69, 9.17) is 17.3 Å². The first kappa shape index (κ1) is 16.3. The Morgan fingerprint density at radius 1 is 1.42 bits per heavy atom. The monoisotopic (exact) mass is 347 g/mol. The van der Waals surface area contributed by atoms with Gasteiger partial charge in [0.1, 0.15) is 0 Å². The largest absolute Gasteiger partial charge is 0.382 e. The highest BCUT2D eigenvalue weighted by Crippen LogP contribution is 2.25. The van der Waals surface area contributed by atoms with Crippen LogP contribution in [0.4, 0.5) is 5.69 Å². The van der Waals surface area contributed by atoms with Crippen molar-refractivity contribution >= 4 is 29.1 Å². The number of rotatable bonds is 5. The fraction of sp³-hybridized carbons (Fsp3) is 0.312. The predicted molar refractivity (Wildman–Crippen MR) is 90.9 cm³/mol. The number of nitrogens with two attached hydrogens (primary N) is 1. The van der Waals surface area contributed by atoms with Crippen LogP contribution in [0.1, 0.15) is 40.6 Å². The van der Waals surface area contributed by atoms with Gasteiger partial charge in [-0.2, -0.15) is 5.10 Å². The molecule has 3 rings (SSSR count). The first-order chi connectivity index (χ1) is 11.5. The van der Waals surface area contributed by atoms with Gasteiger partial charge in [0.25, 0.3) is 5.91 Å². The van der Waals surface area contributed by atoms with Crippen molar-refractivity contribution in [1.82, 2.24) is 15.5 Å². The first-order valence-corrected chi connectivity index (χ1v) is 8.08. The zero-order chi connectivity index (χ0) is 17.1. The molecule has 1 aromatic carbocycles. The van der Waals surface area contributed by atoms with Crippen LogP contribution in [0.15, 0.2) is 24.3 Å². The predicted octanol–water partition coefficient (Wildman–Crippen LogP) is 1.77. The van der Waals surface area contributed by atoms with E-state index in [1.54, 1.807) is 24.3 Å². The van der Waals surface area contributed by atoms with Crippen LogP contribution in [0.2, 0.25) is 5.02 Å². The molecule has 8 heteroatoms. The highest BCUT2D eigenvalue weighted by atomic mass is 35.5. The number of aromatic amines is 1. The maximum atomic E-state index is 12.6. The molecular formula is C16H18ClN5O2. The van der Waals surface area contributed by atoms with Crippen molar-refractivity contribution in [2.75, 3.05) is 11.9 Å². The third-order valence-electron chi connectivity index (χ3n) is 3.92. The Hall–Kier alpha value is -2.54. The summed E-state index contributed by atoms with van der Waals surface area (Å²) in [5, 5.41) is 13.5. The summed E-state index contributed by atoms with van der Waals surface area (Å²) in [5.74, 6) is -0.879. The number of fused-ring (bicyclic) bond motifs is 1. The summed E-state index contributed by atoms with van der Waals surface area (Å²) < 4.78 is 0. The Bertz CT molecular complexity index is 774. The zero-order valence-electron chi connectivity index (χ0n) is 12.9. The lowest BCUT2D eigenvalue weighted by atomic mass is 10.0. The molecule has 5 N–H and O–H groups in total. The Morgan fingerprint density at radius 2 is 2.25 bits per heavy atom. The van der Waals surface area contributed by atoms with E-state index < -0.39 is 11.9 Å². The van der Waals surface area contributed by atoms with Gasteiger partial charge in [-0.1, -0.05) is 23.7 Å². The molecule has 1 aromatic heterocycles. The van der Waals surface area contributed by atoms with Crippen LogP contribution >= 0.6 is 11.6 Å². The SMILES string of the molecule is NC(=O)C[C@H](NC(=O)c1n[nH]c2c1NCCC2)c1cccc(Cl)c1. The molecule has 0 saturated heterocycles. The average Bonchev–Trinajstić information content (AvgIpc) is 2.98. The van der Waals surface area contributed by atoms with E-state index >= 15 is 0 Å². The Kier molecular flexibility index (Phi) is 4.71. The minimum absolute atomic E-state index is 0.0217. The van der Waals surface area contributed by atoms with Gasteiger partial charge in [0, 0.05) is 11.6 Å².